The summed E-state index contributed by atoms with van der Waals surface area (Å²) in [6.45, 7) is 0. The lowest BCUT2D eigenvalue weighted by Crippen LogP contribution is -2.50. The molecule has 2 fully saturated rings. The van der Waals surface area contributed by atoms with Crippen molar-refractivity contribution >= 4 is 11.7 Å². The van der Waals surface area contributed by atoms with E-state index in [2.05, 4.69) is 10.3 Å². The minimum Gasteiger partial charge on any atom is -0.497 e. The topological polar surface area (TPSA) is 72.9 Å². The molecule has 1 N–H and O–H groups in total. The van der Waals surface area contributed by atoms with Crippen molar-refractivity contribution < 1.29 is 19.0 Å². The lowest BCUT2D eigenvalue weighted by atomic mass is 10.00. The number of nitrogens with zero attached hydrogens (tertiary/aromatic N) is 2. The van der Waals surface area contributed by atoms with E-state index in [4.69, 9.17) is 14.2 Å². The van der Waals surface area contributed by atoms with Crippen molar-refractivity contribution in [3.05, 3.63) is 42.7 Å². The number of methoxy groups -OCH3 is 2. The lowest BCUT2D eigenvalue weighted by Gasteiger charge is -2.38. The third kappa shape index (κ3) is 3.69. The van der Waals surface area contributed by atoms with Gasteiger partial charge in [0.2, 0.25) is 0 Å². The average Bonchev–Trinajstić information content (AvgIpc) is 3.00. The summed E-state index contributed by atoms with van der Waals surface area (Å²) in [5.74, 6) is 2.05. The Bertz CT molecular complexity index is 816. The van der Waals surface area contributed by atoms with Gasteiger partial charge in [0.15, 0.2) is 0 Å². The van der Waals surface area contributed by atoms with Crippen LogP contribution < -0.4 is 19.5 Å². The quantitative estimate of drug-likeness (QED) is 0.852. The molecule has 2 aliphatic rings. The SMILES string of the molecule is COc1ccc(NC(=O)N2C3CCC2CC(Oc2cccnc2)C3)c(OC)c1. The Morgan fingerprint density at radius 2 is 1.89 bits per heavy atom. The van der Waals surface area contributed by atoms with Gasteiger partial charge in [-0.25, -0.2) is 4.79 Å². The number of urea groups is 1. The standard InChI is InChI=1S/C21H25N3O4/c1-26-16-7-8-19(20(12-16)27-2)23-21(25)24-14-5-6-15(24)11-18(10-14)28-17-4-3-9-22-13-17/h3-4,7-9,12-15,18H,5-6,10-11H2,1-2H3,(H,23,25). The number of carbonyl (C=O) groups is 1. The largest absolute Gasteiger partial charge is 0.497 e. The van der Waals surface area contributed by atoms with Crippen LogP contribution in [0.15, 0.2) is 42.7 Å². The number of amides is 2. The van der Waals surface area contributed by atoms with Gasteiger partial charge < -0.3 is 24.4 Å². The van der Waals surface area contributed by atoms with Gasteiger partial charge in [-0.3, -0.25) is 4.98 Å². The highest BCUT2D eigenvalue weighted by Crippen LogP contribution is 2.38. The number of ether oxygens (including phenoxy) is 3. The van der Waals surface area contributed by atoms with Crippen LogP contribution >= 0.6 is 0 Å². The van der Waals surface area contributed by atoms with E-state index in [9.17, 15) is 4.79 Å². The van der Waals surface area contributed by atoms with Crippen LogP contribution in [0.1, 0.15) is 25.7 Å². The molecule has 4 rings (SSSR count). The molecule has 2 unspecified atom stereocenters. The second-order valence-electron chi connectivity index (χ2n) is 7.19. The van der Waals surface area contributed by atoms with Gasteiger partial charge in [0.25, 0.3) is 0 Å². The monoisotopic (exact) mass is 383 g/mol. The van der Waals surface area contributed by atoms with Crippen molar-refractivity contribution in [2.24, 2.45) is 0 Å². The van der Waals surface area contributed by atoms with Gasteiger partial charge in [-0.05, 0) is 37.1 Å². The van der Waals surface area contributed by atoms with E-state index in [1.165, 1.54) is 0 Å². The lowest BCUT2D eigenvalue weighted by molar-refractivity contribution is 0.0730. The predicted octanol–water partition coefficient (Wildman–Crippen LogP) is 3.71. The molecule has 7 heteroatoms. The Balaban J connectivity index is 1.42. The number of hydrogen-bond acceptors (Lipinski definition) is 5. The van der Waals surface area contributed by atoms with E-state index < -0.39 is 0 Å². The van der Waals surface area contributed by atoms with Crippen molar-refractivity contribution in [3.63, 3.8) is 0 Å². The molecule has 0 aliphatic carbocycles. The molecule has 2 bridgehead atoms. The number of anilines is 1. The fourth-order valence-electron chi connectivity index (χ4n) is 4.25. The van der Waals surface area contributed by atoms with E-state index >= 15 is 0 Å². The molecule has 2 amide bonds. The van der Waals surface area contributed by atoms with E-state index in [1.54, 1.807) is 44.8 Å². The maximum absolute atomic E-state index is 13.0. The maximum atomic E-state index is 13.0. The summed E-state index contributed by atoms with van der Waals surface area (Å²) in [6, 6.07) is 9.44. The smallest absolute Gasteiger partial charge is 0.322 e. The van der Waals surface area contributed by atoms with Crippen LogP contribution in [0.5, 0.6) is 17.2 Å². The van der Waals surface area contributed by atoms with Crippen molar-refractivity contribution in [1.29, 1.82) is 0 Å². The molecular weight excluding hydrogens is 358 g/mol. The number of hydrogen-bond donors (Lipinski definition) is 1. The first-order valence-corrected chi connectivity index (χ1v) is 9.56. The molecule has 0 saturated carbocycles. The molecule has 2 saturated heterocycles. The number of rotatable bonds is 5. The number of fused-ring (bicyclic) bond motifs is 2. The highest BCUT2D eigenvalue weighted by Gasteiger charge is 2.44. The Kier molecular flexibility index (Phi) is 5.23. The van der Waals surface area contributed by atoms with Gasteiger partial charge in [0.05, 0.1) is 26.1 Å². The zero-order chi connectivity index (χ0) is 19.5. The summed E-state index contributed by atoms with van der Waals surface area (Å²) < 4.78 is 16.7. The van der Waals surface area contributed by atoms with E-state index in [-0.39, 0.29) is 24.2 Å². The molecule has 148 valence electrons. The van der Waals surface area contributed by atoms with Gasteiger partial charge in [-0.1, -0.05) is 0 Å². The second-order valence-corrected chi connectivity index (χ2v) is 7.19. The molecule has 2 atom stereocenters. The van der Waals surface area contributed by atoms with Gasteiger partial charge >= 0.3 is 6.03 Å². The highest BCUT2D eigenvalue weighted by atomic mass is 16.5. The van der Waals surface area contributed by atoms with Gasteiger partial charge in [-0.15, -0.1) is 0 Å². The Hall–Kier alpha value is -2.96. The summed E-state index contributed by atoms with van der Waals surface area (Å²) >= 11 is 0. The van der Waals surface area contributed by atoms with Crippen LogP contribution in [-0.2, 0) is 0 Å². The third-order valence-corrected chi connectivity index (χ3v) is 5.51. The molecule has 7 nitrogen and oxygen atoms in total. The Morgan fingerprint density at radius 1 is 1.11 bits per heavy atom. The first-order chi connectivity index (χ1) is 13.7. The summed E-state index contributed by atoms with van der Waals surface area (Å²) in [5, 5.41) is 3.00. The summed E-state index contributed by atoms with van der Waals surface area (Å²) in [7, 11) is 3.18. The molecule has 3 heterocycles. The number of aromatic nitrogens is 1. The van der Waals surface area contributed by atoms with Crippen LogP contribution in [0.2, 0.25) is 0 Å². The van der Waals surface area contributed by atoms with E-state index in [0.29, 0.717) is 17.2 Å². The minimum absolute atomic E-state index is 0.0872. The van der Waals surface area contributed by atoms with Crippen LogP contribution in [0.4, 0.5) is 10.5 Å². The summed E-state index contributed by atoms with van der Waals surface area (Å²) in [5.41, 5.74) is 0.640. The van der Waals surface area contributed by atoms with E-state index in [1.807, 2.05) is 17.0 Å². The predicted molar refractivity (Wildman–Crippen MR) is 105 cm³/mol. The van der Waals surface area contributed by atoms with Crippen LogP contribution in [0.25, 0.3) is 0 Å². The second kappa shape index (κ2) is 7.96. The van der Waals surface area contributed by atoms with Crippen molar-refractivity contribution in [1.82, 2.24) is 9.88 Å². The summed E-state index contributed by atoms with van der Waals surface area (Å²) in [4.78, 5) is 19.1. The van der Waals surface area contributed by atoms with Crippen LogP contribution in [0.3, 0.4) is 0 Å². The molecule has 28 heavy (non-hydrogen) atoms. The molecule has 0 spiro atoms. The Morgan fingerprint density at radius 3 is 2.54 bits per heavy atom. The first-order valence-electron chi connectivity index (χ1n) is 9.56. The minimum atomic E-state index is -0.0872. The fraction of sp³-hybridized carbons (Fsp3) is 0.429. The summed E-state index contributed by atoms with van der Waals surface area (Å²) in [6.07, 6.45) is 7.25. The molecule has 1 aromatic carbocycles. The zero-order valence-electron chi connectivity index (χ0n) is 16.1. The van der Waals surface area contributed by atoms with Crippen molar-refractivity contribution in [2.45, 2.75) is 43.9 Å². The number of pyridine rings is 1. The van der Waals surface area contributed by atoms with Gasteiger partial charge in [0.1, 0.15) is 23.4 Å². The fourth-order valence-corrected chi connectivity index (χ4v) is 4.25. The van der Waals surface area contributed by atoms with Gasteiger partial charge in [-0.2, -0.15) is 0 Å². The third-order valence-electron chi connectivity index (χ3n) is 5.51. The number of carbonyl (C=O) groups excluding carboxylic acids is 1. The number of nitrogens with one attached hydrogen (secondary N) is 1. The van der Waals surface area contributed by atoms with Crippen molar-refractivity contribution in [2.75, 3.05) is 19.5 Å². The van der Waals surface area contributed by atoms with E-state index in [0.717, 1.165) is 31.4 Å². The average molecular weight is 383 g/mol. The van der Waals surface area contributed by atoms with Crippen LogP contribution in [0, 0.1) is 0 Å². The maximum Gasteiger partial charge on any atom is 0.322 e. The first kappa shape index (κ1) is 18.4. The zero-order valence-corrected chi connectivity index (χ0v) is 16.1. The van der Waals surface area contributed by atoms with Crippen LogP contribution in [-0.4, -0.2) is 48.3 Å². The molecule has 0 radical (unpaired) electrons. The number of piperidine rings is 1. The normalized spacial score (nSPS) is 23.2. The molecule has 2 aromatic rings. The van der Waals surface area contributed by atoms with Crippen molar-refractivity contribution in [3.8, 4) is 17.2 Å². The number of benzene rings is 1. The van der Waals surface area contributed by atoms with Gasteiger partial charge in [0, 0.05) is 37.2 Å². The highest BCUT2D eigenvalue weighted by molar-refractivity contribution is 5.91. The Labute approximate surface area is 164 Å². The molecule has 1 aromatic heterocycles. The molecule has 2 aliphatic heterocycles. The molecular formula is C21H25N3O4.